The van der Waals surface area contributed by atoms with Gasteiger partial charge in [0.2, 0.25) is 0 Å². The van der Waals surface area contributed by atoms with Gasteiger partial charge in [-0.3, -0.25) is 10.1 Å². The van der Waals surface area contributed by atoms with Crippen molar-refractivity contribution in [2.24, 2.45) is 0 Å². The first-order valence-electron chi connectivity index (χ1n) is 5.53. The van der Waals surface area contributed by atoms with Crippen molar-refractivity contribution in [2.75, 3.05) is 0 Å². The number of carbonyl (C=O) groups is 1. The molecule has 0 amide bonds. The molecule has 0 atom stereocenters. The molecule has 21 heavy (non-hydrogen) atoms. The van der Waals surface area contributed by atoms with Gasteiger partial charge in [-0.25, -0.2) is 4.79 Å². The van der Waals surface area contributed by atoms with Gasteiger partial charge in [0.05, 0.1) is 15.5 Å². The predicted molar refractivity (Wildman–Crippen MR) is 79.3 cm³/mol. The van der Waals surface area contributed by atoms with Crippen LogP contribution in [0.4, 0.5) is 5.69 Å². The fraction of sp³-hybridized carbons (Fsp3) is 0. The largest absolute Gasteiger partial charge is 0.478 e. The molecule has 108 valence electrons. The van der Waals surface area contributed by atoms with Crippen molar-refractivity contribution in [3.05, 3.63) is 61.6 Å². The minimum Gasteiger partial charge on any atom is -0.478 e. The summed E-state index contributed by atoms with van der Waals surface area (Å²) in [6.07, 6.45) is 0. The number of hydrogen-bond acceptors (Lipinski definition) is 4. The van der Waals surface area contributed by atoms with E-state index < -0.39 is 10.9 Å². The van der Waals surface area contributed by atoms with Gasteiger partial charge in [0.15, 0.2) is 0 Å². The smallest absolute Gasteiger partial charge is 0.335 e. The minimum absolute atomic E-state index is 0.0189. The zero-order chi connectivity index (χ0) is 15.6. The lowest BCUT2D eigenvalue weighted by Gasteiger charge is -2.09. The van der Waals surface area contributed by atoms with Crippen LogP contribution in [-0.2, 0) is 0 Å². The molecule has 0 saturated carbocycles. The molecule has 2 aromatic rings. The topological polar surface area (TPSA) is 89.7 Å². The van der Waals surface area contributed by atoms with E-state index in [4.69, 9.17) is 21.4 Å². The lowest BCUT2D eigenvalue weighted by atomic mass is 10.2. The predicted octanol–water partition coefficient (Wildman–Crippen LogP) is 4.50. The van der Waals surface area contributed by atoms with Crippen LogP contribution in [0, 0.1) is 10.1 Å². The highest BCUT2D eigenvalue weighted by Crippen LogP contribution is 2.38. The molecule has 0 unspecified atom stereocenters. The van der Waals surface area contributed by atoms with Crippen LogP contribution in [0.1, 0.15) is 10.4 Å². The zero-order valence-corrected chi connectivity index (χ0v) is 12.6. The van der Waals surface area contributed by atoms with Gasteiger partial charge in [0.25, 0.3) is 5.69 Å². The zero-order valence-electron chi connectivity index (χ0n) is 10.2. The molecule has 0 aromatic heterocycles. The molecule has 1 N–H and O–H groups in total. The number of carboxylic acid groups (broad SMARTS) is 1. The Morgan fingerprint density at radius 2 is 2.00 bits per heavy atom. The normalized spacial score (nSPS) is 10.2. The molecule has 0 spiro atoms. The van der Waals surface area contributed by atoms with E-state index in [1.807, 2.05) is 0 Å². The lowest BCUT2D eigenvalue weighted by molar-refractivity contribution is -0.385. The van der Waals surface area contributed by atoms with Crippen molar-refractivity contribution in [1.82, 2.24) is 0 Å². The van der Waals surface area contributed by atoms with Gasteiger partial charge in [-0.2, -0.15) is 0 Å². The molecule has 0 fully saturated rings. The number of carboxylic acids is 1. The number of halogens is 2. The van der Waals surface area contributed by atoms with Crippen LogP contribution in [0.3, 0.4) is 0 Å². The maximum Gasteiger partial charge on any atom is 0.335 e. The summed E-state index contributed by atoms with van der Waals surface area (Å²) < 4.78 is 5.66. The van der Waals surface area contributed by atoms with E-state index >= 15 is 0 Å². The summed E-state index contributed by atoms with van der Waals surface area (Å²) in [5.41, 5.74) is -0.128. The van der Waals surface area contributed by atoms with Crippen molar-refractivity contribution < 1.29 is 19.6 Å². The number of hydrogen-bond donors (Lipinski definition) is 1. The Morgan fingerprint density at radius 3 is 2.57 bits per heavy atom. The number of nitro benzene ring substituents is 1. The van der Waals surface area contributed by atoms with E-state index in [1.54, 1.807) is 0 Å². The summed E-state index contributed by atoms with van der Waals surface area (Å²) in [5, 5.41) is 19.8. The van der Waals surface area contributed by atoms with E-state index in [2.05, 4.69) is 15.9 Å². The van der Waals surface area contributed by atoms with Crippen LogP contribution in [0.5, 0.6) is 11.5 Å². The maximum absolute atomic E-state index is 10.8. The van der Waals surface area contributed by atoms with Crippen molar-refractivity contribution in [3.8, 4) is 11.5 Å². The summed E-state index contributed by atoms with van der Waals surface area (Å²) in [6.45, 7) is 0. The quantitative estimate of drug-likeness (QED) is 0.630. The molecule has 2 aromatic carbocycles. The second-order valence-electron chi connectivity index (χ2n) is 3.90. The van der Waals surface area contributed by atoms with Crippen LogP contribution < -0.4 is 4.74 Å². The average molecular weight is 373 g/mol. The highest BCUT2D eigenvalue weighted by Gasteiger charge is 2.17. The Bertz CT molecular complexity index is 734. The van der Waals surface area contributed by atoms with Crippen molar-refractivity contribution in [3.63, 3.8) is 0 Å². The summed E-state index contributed by atoms with van der Waals surface area (Å²) >= 11 is 9.04. The number of ether oxygens (including phenoxy) is 1. The summed E-state index contributed by atoms with van der Waals surface area (Å²) in [5.74, 6) is -0.711. The van der Waals surface area contributed by atoms with E-state index in [0.29, 0.717) is 0 Å². The van der Waals surface area contributed by atoms with Gasteiger partial charge >= 0.3 is 5.97 Å². The molecule has 0 heterocycles. The number of nitro groups is 1. The fourth-order valence-electron chi connectivity index (χ4n) is 1.55. The van der Waals surface area contributed by atoms with Gasteiger partial charge in [0, 0.05) is 6.07 Å². The Hall–Kier alpha value is -2.12. The maximum atomic E-state index is 10.8. The fourth-order valence-corrected chi connectivity index (χ4v) is 2.26. The number of benzene rings is 2. The van der Waals surface area contributed by atoms with Crippen molar-refractivity contribution in [2.45, 2.75) is 0 Å². The van der Waals surface area contributed by atoms with E-state index in [0.717, 1.165) is 0 Å². The molecule has 0 bridgehead atoms. The third kappa shape index (κ3) is 3.32. The van der Waals surface area contributed by atoms with Crippen LogP contribution >= 0.6 is 27.5 Å². The van der Waals surface area contributed by atoms with Crippen LogP contribution in [0.2, 0.25) is 5.02 Å². The molecule has 0 radical (unpaired) electrons. The molecular weight excluding hydrogens is 366 g/mol. The first-order chi connectivity index (χ1) is 9.90. The first-order valence-corrected chi connectivity index (χ1v) is 6.71. The lowest BCUT2D eigenvalue weighted by Crippen LogP contribution is -1.97. The Balaban J connectivity index is 2.37. The first kappa shape index (κ1) is 15.3. The highest BCUT2D eigenvalue weighted by molar-refractivity contribution is 9.10. The summed E-state index contributed by atoms with van der Waals surface area (Å²) in [6, 6.07) is 8.28. The monoisotopic (exact) mass is 371 g/mol. The van der Waals surface area contributed by atoms with E-state index in [9.17, 15) is 14.9 Å². The third-order valence-electron chi connectivity index (χ3n) is 2.54. The number of rotatable bonds is 4. The van der Waals surface area contributed by atoms with Gasteiger partial charge in [0.1, 0.15) is 16.0 Å². The standard InChI is InChI=1S/C13H7BrClNO5/c14-12-9(16(19)20)2-1-3-11(12)21-10-5-4-7(13(17)18)6-8(10)15/h1-6H,(H,17,18). The molecule has 0 saturated heterocycles. The Kier molecular flexibility index (Phi) is 4.44. The second kappa shape index (κ2) is 6.11. The molecule has 8 heteroatoms. The second-order valence-corrected chi connectivity index (χ2v) is 5.10. The molecule has 2 rings (SSSR count). The van der Waals surface area contributed by atoms with E-state index in [-0.39, 0.29) is 32.2 Å². The summed E-state index contributed by atoms with van der Waals surface area (Å²) in [4.78, 5) is 21.1. The van der Waals surface area contributed by atoms with Gasteiger partial charge < -0.3 is 9.84 Å². The van der Waals surface area contributed by atoms with Crippen LogP contribution in [-0.4, -0.2) is 16.0 Å². The highest BCUT2D eigenvalue weighted by atomic mass is 79.9. The average Bonchev–Trinajstić information content (AvgIpc) is 2.42. The van der Waals surface area contributed by atoms with Gasteiger partial charge in [-0.05, 0) is 40.2 Å². The molecule has 0 aliphatic carbocycles. The molecule has 0 aliphatic rings. The number of nitrogens with zero attached hydrogens (tertiary/aromatic N) is 1. The van der Waals surface area contributed by atoms with Crippen LogP contribution in [0.15, 0.2) is 40.9 Å². The van der Waals surface area contributed by atoms with Crippen molar-refractivity contribution >= 4 is 39.2 Å². The SMILES string of the molecule is O=C(O)c1ccc(Oc2cccc([N+](=O)[O-])c2Br)c(Cl)c1. The minimum atomic E-state index is -1.11. The van der Waals surface area contributed by atoms with Gasteiger partial charge in [-0.15, -0.1) is 0 Å². The molecular formula is C13H7BrClNO5. The third-order valence-corrected chi connectivity index (χ3v) is 3.63. The van der Waals surface area contributed by atoms with E-state index in [1.165, 1.54) is 36.4 Å². The molecule has 6 nitrogen and oxygen atoms in total. The van der Waals surface area contributed by atoms with Crippen molar-refractivity contribution in [1.29, 1.82) is 0 Å². The van der Waals surface area contributed by atoms with Crippen LogP contribution in [0.25, 0.3) is 0 Å². The Morgan fingerprint density at radius 1 is 1.29 bits per heavy atom. The summed E-state index contributed by atoms with van der Waals surface area (Å²) in [7, 11) is 0. The Labute approximate surface area is 132 Å². The van der Waals surface area contributed by atoms with Gasteiger partial charge in [-0.1, -0.05) is 17.7 Å². The number of aromatic carboxylic acids is 1. The molecule has 0 aliphatic heterocycles.